The van der Waals surface area contributed by atoms with Crippen molar-refractivity contribution in [2.24, 2.45) is 0 Å². The van der Waals surface area contributed by atoms with Gasteiger partial charge in [0.15, 0.2) is 6.20 Å². The normalized spacial score (nSPS) is 15.0. The molecule has 1 aromatic heterocycles. The van der Waals surface area contributed by atoms with E-state index in [4.69, 9.17) is 4.74 Å². The summed E-state index contributed by atoms with van der Waals surface area (Å²) in [7, 11) is 0. The van der Waals surface area contributed by atoms with Gasteiger partial charge in [-0.1, -0.05) is 0 Å². The highest BCUT2D eigenvalue weighted by atomic mass is 79.9. The van der Waals surface area contributed by atoms with E-state index in [2.05, 4.69) is 20.9 Å². The van der Waals surface area contributed by atoms with Crippen LogP contribution in [0.2, 0.25) is 0 Å². The lowest BCUT2D eigenvalue weighted by Gasteiger charge is -2.26. The van der Waals surface area contributed by atoms with Crippen molar-refractivity contribution in [1.29, 1.82) is 0 Å². The highest BCUT2D eigenvalue weighted by molar-refractivity contribution is 9.10. The fourth-order valence-electron chi connectivity index (χ4n) is 2.11. The molecular formula is C14H20BrN3O3. The molecule has 1 aliphatic rings. The molecular weight excluding hydrogens is 338 g/mol. The highest BCUT2D eigenvalue weighted by Crippen LogP contribution is 2.37. The van der Waals surface area contributed by atoms with E-state index in [1.165, 1.54) is 6.20 Å². The van der Waals surface area contributed by atoms with Crippen molar-refractivity contribution < 1.29 is 9.66 Å². The lowest BCUT2D eigenvalue weighted by atomic mass is 10.2. The number of ether oxygens (including phenoxy) is 1. The third-order valence-electron chi connectivity index (χ3n) is 3.15. The zero-order valence-corrected chi connectivity index (χ0v) is 14.1. The molecule has 6 nitrogen and oxygen atoms in total. The maximum Gasteiger partial charge on any atom is 0.387 e. The van der Waals surface area contributed by atoms with Gasteiger partial charge >= 0.3 is 5.82 Å². The Morgan fingerprint density at radius 1 is 1.52 bits per heavy atom. The van der Waals surface area contributed by atoms with Crippen molar-refractivity contribution in [2.45, 2.75) is 45.3 Å². The Bertz CT molecular complexity index is 527. The molecule has 0 saturated heterocycles. The topological polar surface area (TPSA) is 68.5 Å². The van der Waals surface area contributed by atoms with Crippen LogP contribution in [0.15, 0.2) is 16.7 Å². The summed E-state index contributed by atoms with van der Waals surface area (Å²) in [4.78, 5) is 16.7. The second-order valence-corrected chi connectivity index (χ2v) is 7.05. The zero-order valence-electron chi connectivity index (χ0n) is 12.5. The molecule has 0 aliphatic heterocycles. The number of halogens is 1. The Morgan fingerprint density at radius 2 is 2.19 bits per heavy atom. The quantitative estimate of drug-likeness (QED) is 0.575. The van der Waals surface area contributed by atoms with Gasteiger partial charge in [-0.15, -0.1) is 0 Å². The summed E-state index contributed by atoms with van der Waals surface area (Å²) >= 11 is 3.34. The average Bonchev–Trinajstić information content (AvgIpc) is 3.17. The van der Waals surface area contributed by atoms with Crippen LogP contribution in [0.5, 0.6) is 0 Å². The monoisotopic (exact) mass is 357 g/mol. The number of aromatic nitrogens is 1. The van der Waals surface area contributed by atoms with Gasteiger partial charge in [0, 0.05) is 12.6 Å². The molecule has 1 saturated carbocycles. The molecule has 0 bridgehead atoms. The minimum atomic E-state index is -0.429. The van der Waals surface area contributed by atoms with Crippen LogP contribution in [0.25, 0.3) is 0 Å². The summed E-state index contributed by atoms with van der Waals surface area (Å²) in [5, 5.41) is 11.2. The first kappa shape index (κ1) is 16.2. The predicted octanol–water partition coefficient (Wildman–Crippen LogP) is 3.54. The number of pyridine rings is 1. The molecule has 0 radical (unpaired) electrons. The number of hydrogen-bond donors (Lipinski definition) is 0. The van der Waals surface area contributed by atoms with Crippen molar-refractivity contribution >= 4 is 27.4 Å². The molecule has 1 aliphatic carbocycles. The smallest absolute Gasteiger partial charge is 0.374 e. The molecule has 0 atom stereocenters. The number of rotatable bonds is 6. The number of hydrogen-bond acceptors (Lipinski definition) is 5. The van der Waals surface area contributed by atoms with Gasteiger partial charge in [0.2, 0.25) is 0 Å². The molecule has 0 N–H and O–H groups in total. The van der Waals surface area contributed by atoms with E-state index in [-0.39, 0.29) is 11.4 Å². The SMILES string of the molecule is CC(C)(C)OCCN(c1cc(Br)cnc1[N+](=O)[O-])C1CC1. The van der Waals surface area contributed by atoms with Crippen molar-refractivity contribution in [3.63, 3.8) is 0 Å². The molecule has 0 unspecified atom stereocenters. The van der Waals surface area contributed by atoms with E-state index in [1.807, 2.05) is 25.7 Å². The summed E-state index contributed by atoms with van der Waals surface area (Å²) in [5.74, 6) is -0.0964. The lowest BCUT2D eigenvalue weighted by molar-refractivity contribution is -0.388. The van der Waals surface area contributed by atoms with Crippen LogP contribution in [-0.4, -0.2) is 34.7 Å². The molecule has 116 valence electrons. The minimum Gasteiger partial charge on any atom is -0.374 e. The Kier molecular flexibility index (Phi) is 4.83. The van der Waals surface area contributed by atoms with Crippen LogP contribution in [-0.2, 0) is 4.74 Å². The standard InChI is InChI=1S/C14H20BrN3O3/c1-14(2,3)21-7-6-17(11-4-5-11)12-8-10(15)9-16-13(12)18(19)20/h8-9,11H,4-7H2,1-3H3. The number of nitro groups is 1. The molecule has 0 aromatic carbocycles. The number of nitrogens with zero attached hydrogens (tertiary/aromatic N) is 3. The summed E-state index contributed by atoms with van der Waals surface area (Å²) in [6, 6.07) is 2.11. The Labute approximate surface area is 132 Å². The third-order valence-corrected chi connectivity index (χ3v) is 3.58. The van der Waals surface area contributed by atoms with E-state index in [0.29, 0.717) is 24.9 Å². The van der Waals surface area contributed by atoms with E-state index < -0.39 is 4.92 Å². The lowest BCUT2D eigenvalue weighted by Crippen LogP contribution is -2.33. The number of anilines is 1. The second kappa shape index (κ2) is 6.27. The Hall–Kier alpha value is -1.21. The van der Waals surface area contributed by atoms with Gasteiger partial charge in [-0.25, -0.2) is 0 Å². The van der Waals surface area contributed by atoms with Crippen LogP contribution >= 0.6 is 15.9 Å². The third kappa shape index (κ3) is 4.64. The van der Waals surface area contributed by atoms with Gasteiger partial charge in [0.25, 0.3) is 0 Å². The van der Waals surface area contributed by atoms with E-state index in [0.717, 1.165) is 17.3 Å². The van der Waals surface area contributed by atoms with E-state index in [1.54, 1.807) is 6.07 Å². The van der Waals surface area contributed by atoms with Gasteiger partial charge in [0.1, 0.15) is 5.69 Å². The summed E-state index contributed by atoms with van der Waals surface area (Å²) < 4.78 is 6.49. The fourth-order valence-corrected chi connectivity index (χ4v) is 2.43. The average molecular weight is 358 g/mol. The van der Waals surface area contributed by atoms with Crippen LogP contribution in [0.3, 0.4) is 0 Å². The first-order valence-electron chi connectivity index (χ1n) is 6.98. The molecule has 2 rings (SSSR count). The largest absolute Gasteiger partial charge is 0.387 e. The minimum absolute atomic E-state index is 0.0964. The van der Waals surface area contributed by atoms with Crippen LogP contribution in [0.4, 0.5) is 11.5 Å². The first-order valence-corrected chi connectivity index (χ1v) is 7.78. The summed E-state index contributed by atoms with van der Waals surface area (Å²) in [6.45, 7) is 7.15. The molecule has 1 aromatic rings. The molecule has 0 amide bonds. The Morgan fingerprint density at radius 3 is 2.71 bits per heavy atom. The maximum atomic E-state index is 11.2. The van der Waals surface area contributed by atoms with Gasteiger partial charge in [0.05, 0.1) is 16.7 Å². The van der Waals surface area contributed by atoms with E-state index in [9.17, 15) is 10.1 Å². The van der Waals surface area contributed by atoms with E-state index >= 15 is 0 Å². The molecule has 7 heteroatoms. The summed E-state index contributed by atoms with van der Waals surface area (Å²) in [6.07, 6.45) is 3.57. The van der Waals surface area contributed by atoms with Crippen molar-refractivity contribution in [3.05, 3.63) is 26.9 Å². The molecule has 0 spiro atoms. The van der Waals surface area contributed by atoms with Crippen molar-refractivity contribution in [2.75, 3.05) is 18.1 Å². The maximum absolute atomic E-state index is 11.2. The van der Waals surface area contributed by atoms with Gasteiger partial charge in [-0.2, -0.15) is 0 Å². The zero-order chi connectivity index (χ0) is 15.6. The molecule has 1 heterocycles. The Balaban J connectivity index is 2.18. The van der Waals surface area contributed by atoms with Gasteiger partial charge < -0.3 is 19.8 Å². The van der Waals surface area contributed by atoms with Crippen molar-refractivity contribution in [3.8, 4) is 0 Å². The fraction of sp³-hybridized carbons (Fsp3) is 0.643. The van der Waals surface area contributed by atoms with Crippen molar-refractivity contribution in [1.82, 2.24) is 4.98 Å². The second-order valence-electron chi connectivity index (χ2n) is 6.14. The highest BCUT2D eigenvalue weighted by Gasteiger charge is 2.33. The molecule has 1 fully saturated rings. The van der Waals surface area contributed by atoms with Crippen LogP contribution < -0.4 is 4.90 Å². The molecule has 21 heavy (non-hydrogen) atoms. The van der Waals surface area contributed by atoms with Gasteiger partial charge in [-0.3, -0.25) is 0 Å². The van der Waals surface area contributed by atoms with Crippen LogP contribution in [0, 0.1) is 10.1 Å². The summed E-state index contributed by atoms with van der Waals surface area (Å²) in [5.41, 5.74) is 0.353. The first-order chi connectivity index (χ1) is 9.78. The predicted molar refractivity (Wildman–Crippen MR) is 84.7 cm³/mol. The van der Waals surface area contributed by atoms with Gasteiger partial charge in [-0.05, 0) is 65.5 Å². The van der Waals surface area contributed by atoms with Crippen LogP contribution in [0.1, 0.15) is 33.6 Å².